The van der Waals surface area contributed by atoms with Gasteiger partial charge in [0.15, 0.2) is 0 Å². The molecule has 0 aromatic heterocycles. The molecule has 0 saturated carbocycles. The summed E-state index contributed by atoms with van der Waals surface area (Å²) in [4.78, 5) is 9.52. The Kier molecular flexibility index (Phi) is 3.30. The van der Waals surface area contributed by atoms with Crippen molar-refractivity contribution < 1.29 is 9.31 Å². The van der Waals surface area contributed by atoms with Crippen molar-refractivity contribution >= 4 is 11.8 Å². The third-order valence-electron chi connectivity index (χ3n) is 1.61. The van der Waals surface area contributed by atoms with Crippen LogP contribution in [0.3, 0.4) is 0 Å². The Morgan fingerprint density at radius 3 is 2.79 bits per heavy atom. The molecular formula is C9H9FN2O2. The number of rotatable bonds is 3. The molecule has 0 amide bonds. The second-order valence-electron chi connectivity index (χ2n) is 2.61. The minimum atomic E-state index is -0.839. The van der Waals surface area contributed by atoms with Gasteiger partial charge in [0.1, 0.15) is 0 Å². The molecule has 2 N–H and O–H groups in total. The highest BCUT2D eigenvalue weighted by Gasteiger charge is 2.12. The Morgan fingerprint density at radius 2 is 2.29 bits per heavy atom. The molecule has 0 bridgehead atoms. The summed E-state index contributed by atoms with van der Waals surface area (Å²) in [5, 5.41) is 10.3. The third kappa shape index (κ3) is 2.37. The summed E-state index contributed by atoms with van der Waals surface area (Å²) in [6.07, 6.45) is 3.24. The summed E-state index contributed by atoms with van der Waals surface area (Å²) in [5.74, 6) is -0.839. The summed E-state index contributed by atoms with van der Waals surface area (Å²) in [5.41, 5.74) is 5.24. The number of halogens is 1. The molecule has 0 fully saturated rings. The highest BCUT2D eigenvalue weighted by molar-refractivity contribution is 5.52. The lowest BCUT2D eigenvalue weighted by molar-refractivity contribution is -0.387. The number of hydrogen-bond donors (Lipinski definition) is 1. The predicted octanol–water partition coefficient (Wildman–Crippen LogP) is 1.71. The van der Waals surface area contributed by atoms with E-state index >= 15 is 0 Å². The van der Waals surface area contributed by atoms with Gasteiger partial charge in [-0.3, -0.25) is 10.1 Å². The van der Waals surface area contributed by atoms with Gasteiger partial charge in [0.05, 0.1) is 4.92 Å². The van der Waals surface area contributed by atoms with E-state index in [1.165, 1.54) is 6.07 Å². The quantitative estimate of drug-likeness (QED) is 0.591. The lowest BCUT2D eigenvalue weighted by atomic mass is 10.2. The van der Waals surface area contributed by atoms with E-state index < -0.39 is 16.4 Å². The van der Waals surface area contributed by atoms with Crippen molar-refractivity contribution in [3.8, 4) is 0 Å². The smallest absolute Gasteiger partial charge is 0.304 e. The summed E-state index contributed by atoms with van der Waals surface area (Å²) in [6.45, 7) is 0.346. The van der Waals surface area contributed by atoms with Crippen molar-refractivity contribution in [1.82, 2.24) is 0 Å². The summed E-state index contributed by atoms with van der Waals surface area (Å²) in [6, 6.07) is 3.70. The van der Waals surface area contributed by atoms with Crippen LogP contribution in [-0.2, 0) is 0 Å². The Bertz CT molecular complexity index is 377. The van der Waals surface area contributed by atoms with Crippen molar-refractivity contribution in [2.75, 3.05) is 6.54 Å². The molecule has 0 aliphatic carbocycles. The van der Waals surface area contributed by atoms with E-state index in [0.717, 1.165) is 12.1 Å². The van der Waals surface area contributed by atoms with Crippen LogP contribution in [0.5, 0.6) is 0 Å². The fraction of sp³-hybridized carbons (Fsp3) is 0.111. The van der Waals surface area contributed by atoms with Crippen LogP contribution in [0.4, 0.5) is 10.1 Å². The monoisotopic (exact) mass is 196 g/mol. The van der Waals surface area contributed by atoms with Crippen molar-refractivity contribution in [3.63, 3.8) is 0 Å². The zero-order valence-electron chi connectivity index (χ0n) is 7.31. The van der Waals surface area contributed by atoms with Crippen molar-refractivity contribution in [2.24, 2.45) is 5.73 Å². The molecule has 1 aromatic rings. The molecule has 1 aromatic carbocycles. The van der Waals surface area contributed by atoms with E-state index in [-0.39, 0.29) is 0 Å². The number of nitro groups is 1. The average Bonchev–Trinajstić information content (AvgIpc) is 2.14. The zero-order valence-corrected chi connectivity index (χ0v) is 7.31. The van der Waals surface area contributed by atoms with Gasteiger partial charge < -0.3 is 5.73 Å². The molecule has 0 aliphatic rings. The first-order valence-corrected chi connectivity index (χ1v) is 3.95. The molecule has 0 heterocycles. The standard InChI is InChI=1S/C9H9FN2O2/c10-8-6-7(2-1-5-11)3-4-9(8)12(13)14/h1-4,6H,5,11H2. The molecule has 4 nitrogen and oxygen atoms in total. The molecule has 1 rings (SSSR count). The average molecular weight is 196 g/mol. The van der Waals surface area contributed by atoms with E-state index in [2.05, 4.69) is 0 Å². The van der Waals surface area contributed by atoms with Gasteiger partial charge in [-0.2, -0.15) is 4.39 Å². The highest BCUT2D eigenvalue weighted by atomic mass is 19.1. The van der Waals surface area contributed by atoms with E-state index in [9.17, 15) is 14.5 Å². The summed E-state index contributed by atoms with van der Waals surface area (Å²) in [7, 11) is 0. The molecule has 0 radical (unpaired) electrons. The van der Waals surface area contributed by atoms with Crippen LogP contribution in [-0.4, -0.2) is 11.5 Å². The molecule has 14 heavy (non-hydrogen) atoms. The first-order chi connectivity index (χ1) is 6.65. The number of nitrogens with two attached hydrogens (primary N) is 1. The molecule has 0 aliphatic heterocycles. The summed E-state index contributed by atoms with van der Waals surface area (Å²) < 4.78 is 13.0. The van der Waals surface area contributed by atoms with Crippen molar-refractivity contribution in [3.05, 3.63) is 45.8 Å². The number of hydrogen-bond acceptors (Lipinski definition) is 3. The van der Waals surface area contributed by atoms with Gasteiger partial charge in [-0.25, -0.2) is 0 Å². The van der Waals surface area contributed by atoms with E-state index in [1.807, 2.05) is 0 Å². The molecule has 0 unspecified atom stereocenters. The van der Waals surface area contributed by atoms with Gasteiger partial charge >= 0.3 is 5.69 Å². The molecule has 5 heteroatoms. The third-order valence-corrected chi connectivity index (χ3v) is 1.61. The molecule has 74 valence electrons. The lowest BCUT2D eigenvalue weighted by Gasteiger charge is -1.95. The maximum Gasteiger partial charge on any atom is 0.304 e. The van der Waals surface area contributed by atoms with Crippen LogP contribution in [0.2, 0.25) is 0 Å². The van der Waals surface area contributed by atoms with Crippen molar-refractivity contribution in [2.45, 2.75) is 0 Å². The van der Waals surface area contributed by atoms with Gasteiger partial charge in [-0.15, -0.1) is 0 Å². The van der Waals surface area contributed by atoms with Gasteiger partial charge in [0, 0.05) is 12.6 Å². The maximum atomic E-state index is 13.0. The largest absolute Gasteiger partial charge is 0.327 e. The maximum absolute atomic E-state index is 13.0. The SMILES string of the molecule is NCC=Cc1ccc([N+](=O)[O-])c(F)c1. The Balaban J connectivity index is 3.00. The topological polar surface area (TPSA) is 69.2 Å². The molecule has 0 saturated heterocycles. The van der Waals surface area contributed by atoms with Gasteiger partial charge in [-0.1, -0.05) is 12.2 Å². The first-order valence-electron chi connectivity index (χ1n) is 3.95. The van der Waals surface area contributed by atoms with E-state index in [0.29, 0.717) is 12.1 Å². The number of benzene rings is 1. The van der Waals surface area contributed by atoms with E-state index in [1.54, 1.807) is 12.2 Å². The first kappa shape index (κ1) is 10.3. The lowest BCUT2D eigenvalue weighted by Crippen LogP contribution is -1.93. The molecule has 0 spiro atoms. The van der Waals surface area contributed by atoms with Gasteiger partial charge in [-0.05, 0) is 17.7 Å². The molecule has 0 atom stereocenters. The fourth-order valence-electron chi connectivity index (χ4n) is 0.979. The van der Waals surface area contributed by atoms with Crippen LogP contribution in [0.1, 0.15) is 5.56 Å². The van der Waals surface area contributed by atoms with Crippen LogP contribution in [0, 0.1) is 15.9 Å². The van der Waals surface area contributed by atoms with Crippen molar-refractivity contribution in [1.29, 1.82) is 0 Å². The fourth-order valence-corrected chi connectivity index (χ4v) is 0.979. The van der Waals surface area contributed by atoms with Crippen LogP contribution < -0.4 is 5.73 Å². The highest BCUT2D eigenvalue weighted by Crippen LogP contribution is 2.18. The normalized spacial score (nSPS) is 10.7. The summed E-state index contributed by atoms with van der Waals surface area (Å²) >= 11 is 0. The second kappa shape index (κ2) is 4.48. The van der Waals surface area contributed by atoms with Gasteiger partial charge in [0.2, 0.25) is 5.82 Å². The second-order valence-corrected chi connectivity index (χ2v) is 2.61. The number of nitro benzene ring substituents is 1. The number of nitrogens with zero attached hydrogens (tertiary/aromatic N) is 1. The van der Waals surface area contributed by atoms with E-state index in [4.69, 9.17) is 5.73 Å². The Morgan fingerprint density at radius 1 is 1.57 bits per heavy atom. The van der Waals surface area contributed by atoms with Crippen LogP contribution in [0.15, 0.2) is 24.3 Å². The minimum absolute atomic E-state index is 0.346. The zero-order chi connectivity index (χ0) is 10.6. The molecular weight excluding hydrogens is 187 g/mol. The predicted molar refractivity (Wildman–Crippen MR) is 51.1 cm³/mol. The minimum Gasteiger partial charge on any atom is -0.327 e. The van der Waals surface area contributed by atoms with Gasteiger partial charge in [0.25, 0.3) is 0 Å². The Labute approximate surface area is 80.0 Å². The van der Waals surface area contributed by atoms with Crippen LogP contribution >= 0.6 is 0 Å². The Hall–Kier alpha value is -1.75. The van der Waals surface area contributed by atoms with Crippen LogP contribution in [0.25, 0.3) is 6.08 Å².